The molecule has 6 nitrogen and oxygen atoms in total. The highest BCUT2D eigenvalue weighted by molar-refractivity contribution is 6.32. The maximum Gasteiger partial charge on any atom is 0.271 e. The average Bonchev–Trinajstić information content (AvgIpc) is 2.92. The molecule has 1 aromatic heterocycles. The van der Waals surface area contributed by atoms with Crippen molar-refractivity contribution in [3.8, 4) is 16.9 Å². The molecule has 0 N–H and O–H groups in total. The lowest BCUT2D eigenvalue weighted by Gasteiger charge is -2.02. The fraction of sp³-hybridized carbons (Fsp3) is 0. The van der Waals surface area contributed by atoms with Crippen molar-refractivity contribution in [1.29, 1.82) is 0 Å². The van der Waals surface area contributed by atoms with E-state index >= 15 is 0 Å². The van der Waals surface area contributed by atoms with Crippen LogP contribution in [0.15, 0.2) is 48.5 Å². The normalized spacial score (nSPS) is 10.6. The van der Waals surface area contributed by atoms with E-state index in [1.54, 1.807) is 6.07 Å². The van der Waals surface area contributed by atoms with Crippen molar-refractivity contribution in [2.75, 3.05) is 0 Å². The van der Waals surface area contributed by atoms with Crippen LogP contribution in [-0.2, 0) is 0 Å². The number of halogens is 2. The minimum absolute atomic E-state index is 0.0184. The van der Waals surface area contributed by atoms with Crippen LogP contribution in [0.1, 0.15) is 10.4 Å². The minimum Gasteiger partial charge on any atom is -0.298 e. The summed E-state index contributed by atoms with van der Waals surface area (Å²) in [6.45, 7) is 0. The average molecular weight is 346 g/mol. The molecule has 24 heavy (non-hydrogen) atoms. The standard InChI is InChI=1S/C16H9ClFN3O3/c17-16-14(9-22)15(10-4-6-11(18)7-5-10)19-20(16)12-2-1-3-13(8-12)21(23)24/h1-9H. The highest BCUT2D eigenvalue weighted by Gasteiger charge is 2.19. The Morgan fingerprint density at radius 3 is 2.54 bits per heavy atom. The monoisotopic (exact) mass is 345 g/mol. The number of carbonyl (C=O) groups excluding carboxylic acids is 1. The van der Waals surface area contributed by atoms with Gasteiger partial charge in [-0.25, -0.2) is 9.07 Å². The molecule has 3 aromatic rings. The highest BCUT2D eigenvalue weighted by Crippen LogP contribution is 2.30. The fourth-order valence-electron chi connectivity index (χ4n) is 2.24. The molecule has 0 bridgehead atoms. The third-order valence-electron chi connectivity index (χ3n) is 3.38. The molecule has 0 saturated carbocycles. The second kappa shape index (κ2) is 6.21. The van der Waals surface area contributed by atoms with Crippen LogP contribution in [0.2, 0.25) is 5.15 Å². The Kier molecular flexibility index (Phi) is 4.09. The number of carbonyl (C=O) groups is 1. The van der Waals surface area contributed by atoms with Gasteiger partial charge in [0.1, 0.15) is 16.7 Å². The molecule has 0 spiro atoms. The Morgan fingerprint density at radius 1 is 1.21 bits per heavy atom. The molecule has 0 unspecified atom stereocenters. The first kappa shape index (κ1) is 15.8. The number of nitro benzene ring substituents is 1. The lowest BCUT2D eigenvalue weighted by molar-refractivity contribution is -0.384. The number of nitrogens with zero attached hydrogens (tertiary/aromatic N) is 3. The Morgan fingerprint density at radius 2 is 1.92 bits per heavy atom. The van der Waals surface area contributed by atoms with Crippen molar-refractivity contribution in [3.63, 3.8) is 0 Å². The van der Waals surface area contributed by atoms with Gasteiger partial charge in [0.05, 0.1) is 16.2 Å². The zero-order valence-corrected chi connectivity index (χ0v) is 12.8. The Balaban J connectivity index is 2.17. The van der Waals surface area contributed by atoms with E-state index in [9.17, 15) is 19.3 Å². The summed E-state index contributed by atoms with van der Waals surface area (Å²) in [4.78, 5) is 21.8. The van der Waals surface area contributed by atoms with Gasteiger partial charge in [0.15, 0.2) is 6.29 Å². The summed E-state index contributed by atoms with van der Waals surface area (Å²) >= 11 is 6.20. The number of aldehydes is 1. The largest absolute Gasteiger partial charge is 0.298 e. The Hall–Kier alpha value is -3.06. The van der Waals surface area contributed by atoms with Gasteiger partial charge < -0.3 is 0 Å². The van der Waals surface area contributed by atoms with E-state index in [1.165, 1.54) is 47.1 Å². The van der Waals surface area contributed by atoms with E-state index < -0.39 is 10.7 Å². The van der Waals surface area contributed by atoms with Crippen molar-refractivity contribution in [1.82, 2.24) is 9.78 Å². The zero-order valence-electron chi connectivity index (χ0n) is 12.0. The molecule has 0 saturated heterocycles. The van der Waals surface area contributed by atoms with Gasteiger partial charge in [-0.05, 0) is 30.3 Å². The number of benzene rings is 2. The summed E-state index contributed by atoms with van der Waals surface area (Å²) in [5, 5.41) is 15.2. The molecule has 0 atom stereocenters. The summed E-state index contributed by atoms with van der Waals surface area (Å²) < 4.78 is 14.3. The highest BCUT2D eigenvalue weighted by atomic mass is 35.5. The maximum absolute atomic E-state index is 13.1. The third-order valence-corrected chi connectivity index (χ3v) is 3.75. The Labute approximate surface area is 140 Å². The van der Waals surface area contributed by atoms with Crippen LogP contribution >= 0.6 is 11.6 Å². The molecule has 2 aromatic carbocycles. The van der Waals surface area contributed by atoms with E-state index in [0.717, 1.165) is 0 Å². The van der Waals surface area contributed by atoms with Gasteiger partial charge in [-0.1, -0.05) is 17.7 Å². The first-order valence-electron chi connectivity index (χ1n) is 6.75. The number of hydrogen-bond donors (Lipinski definition) is 0. The van der Waals surface area contributed by atoms with Gasteiger partial charge in [-0.2, -0.15) is 5.10 Å². The van der Waals surface area contributed by atoms with Gasteiger partial charge in [0.25, 0.3) is 5.69 Å². The maximum atomic E-state index is 13.1. The van der Waals surface area contributed by atoms with E-state index in [2.05, 4.69) is 5.10 Å². The van der Waals surface area contributed by atoms with Crippen molar-refractivity contribution >= 4 is 23.6 Å². The van der Waals surface area contributed by atoms with Gasteiger partial charge in [-0.3, -0.25) is 14.9 Å². The molecule has 0 fully saturated rings. The van der Waals surface area contributed by atoms with E-state index in [1.807, 2.05) is 0 Å². The first-order valence-corrected chi connectivity index (χ1v) is 7.13. The van der Waals surface area contributed by atoms with Gasteiger partial charge in [0.2, 0.25) is 0 Å². The summed E-state index contributed by atoms with van der Waals surface area (Å²) in [6, 6.07) is 11.1. The minimum atomic E-state index is -0.539. The topological polar surface area (TPSA) is 78.0 Å². The van der Waals surface area contributed by atoms with Crippen molar-refractivity contribution in [2.45, 2.75) is 0 Å². The number of hydrogen-bond acceptors (Lipinski definition) is 4. The van der Waals surface area contributed by atoms with Gasteiger partial charge in [-0.15, -0.1) is 0 Å². The molecular weight excluding hydrogens is 337 g/mol. The smallest absolute Gasteiger partial charge is 0.271 e. The third kappa shape index (κ3) is 2.77. The number of non-ortho nitro benzene ring substituents is 1. The second-order valence-corrected chi connectivity index (χ2v) is 5.22. The summed E-state index contributed by atoms with van der Waals surface area (Å²) in [5.74, 6) is -0.421. The van der Waals surface area contributed by atoms with Crippen LogP contribution in [-0.4, -0.2) is 21.0 Å². The van der Waals surface area contributed by atoms with Crippen LogP contribution in [0, 0.1) is 15.9 Å². The predicted octanol–water partition coefficient (Wildman–Crippen LogP) is 4.05. The molecule has 0 aliphatic rings. The molecule has 0 aliphatic heterocycles. The molecule has 0 amide bonds. The molecule has 0 aliphatic carbocycles. The molecule has 0 radical (unpaired) electrons. The summed E-state index contributed by atoms with van der Waals surface area (Å²) in [6.07, 6.45) is 0.544. The van der Waals surface area contributed by atoms with Gasteiger partial charge >= 0.3 is 0 Å². The van der Waals surface area contributed by atoms with Crippen LogP contribution < -0.4 is 0 Å². The Bertz CT molecular complexity index is 938. The van der Waals surface area contributed by atoms with Crippen molar-refractivity contribution in [2.24, 2.45) is 0 Å². The summed E-state index contributed by atoms with van der Waals surface area (Å²) in [7, 11) is 0. The number of aromatic nitrogens is 2. The van der Waals surface area contributed by atoms with Crippen LogP contribution in [0.4, 0.5) is 10.1 Å². The van der Waals surface area contributed by atoms with Crippen molar-refractivity contribution < 1.29 is 14.1 Å². The van der Waals surface area contributed by atoms with Crippen LogP contribution in [0.5, 0.6) is 0 Å². The fourth-order valence-corrected chi connectivity index (χ4v) is 2.51. The number of nitro groups is 1. The second-order valence-electron chi connectivity index (χ2n) is 4.87. The zero-order chi connectivity index (χ0) is 17.3. The SMILES string of the molecule is O=Cc1c(-c2ccc(F)cc2)nn(-c2cccc([N+](=O)[O-])c2)c1Cl. The molecule has 3 rings (SSSR count). The molecule has 8 heteroatoms. The summed E-state index contributed by atoms with van der Waals surface area (Å²) in [5.41, 5.74) is 1.10. The lowest BCUT2D eigenvalue weighted by atomic mass is 10.1. The molecule has 1 heterocycles. The predicted molar refractivity (Wildman–Crippen MR) is 86.0 cm³/mol. The van der Waals surface area contributed by atoms with Crippen LogP contribution in [0.25, 0.3) is 16.9 Å². The van der Waals surface area contributed by atoms with E-state index in [-0.39, 0.29) is 22.1 Å². The van der Waals surface area contributed by atoms with Crippen LogP contribution in [0.3, 0.4) is 0 Å². The van der Waals surface area contributed by atoms with E-state index in [0.29, 0.717) is 17.5 Å². The van der Waals surface area contributed by atoms with E-state index in [4.69, 9.17) is 11.6 Å². The first-order chi connectivity index (χ1) is 11.5. The lowest BCUT2D eigenvalue weighted by Crippen LogP contribution is -1.98. The molecular formula is C16H9ClFN3O3. The van der Waals surface area contributed by atoms with Gasteiger partial charge in [0, 0.05) is 17.7 Å². The van der Waals surface area contributed by atoms with Crippen molar-refractivity contribution in [3.05, 3.63) is 75.2 Å². The quantitative estimate of drug-likeness (QED) is 0.406. The number of rotatable bonds is 4. The molecule has 120 valence electrons.